The minimum absolute atomic E-state index is 0.230. The van der Waals surface area contributed by atoms with Gasteiger partial charge in [-0.15, -0.1) is 0 Å². The number of hydrogen-bond donors (Lipinski definition) is 2. The van der Waals surface area contributed by atoms with Gasteiger partial charge in [0.2, 0.25) is 0 Å². The highest BCUT2D eigenvalue weighted by Crippen LogP contribution is 2.29. The number of amides is 1. The third-order valence-electron chi connectivity index (χ3n) is 5.12. The van der Waals surface area contributed by atoms with E-state index < -0.39 is 15.9 Å². The summed E-state index contributed by atoms with van der Waals surface area (Å²) in [5.41, 5.74) is 3.07. The number of anilines is 2. The fourth-order valence-electron chi connectivity index (χ4n) is 3.47. The number of carbonyl (C=O) groups excluding carboxylic acids is 1. The molecule has 4 rings (SSSR count). The van der Waals surface area contributed by atoms with E-state index >= 15 is 0 Å². The summed E-state index contributed by atoms with van der Waals surface area (Å²) < 4.78 is 33.8. The van der Waals surface area contributed by atoms with Gasteiger partial charge in [0.25, 0.3) is 15.9 Å². The fourth-order valence-corrected chi connectivity index (χ4v) is 4.72. The van der Waals surface area contributed by atoms with Crippen LogP contribution in [-0.4, -0.2) is 21.4 Å². The Hall–Kier alpha value is -3.58. The Kier molecular flexibility index (Phi) is 5.77. The van der Waals surface area contributed by atoms with Gasteiger partial charge >= 0.3 is 0 Å². The molecule has 7 heteroatoms. The second-order valence-corrected chi connectivity index (χ2v) is 8.88. The van der Waals surface area contributed by atoms with Crippen molar-refractivity contribution in [3.05, 3.63) is 94.4 Å². The summed E-state index contributed by atoms with van der Waals surface area (Å²) in [5.74, 6) is 0.264. The number of fused-ring (bicyclic) bond motifs is 1. The number of nitrogens with one attached hydrogen (secondary N) is 2. The summed E-state index contributed by atoms with van der Waals surface area (Å²) in [4.78, 5) is 13.1. The molecule has 158 valence electrons. The zero-order chi connectivity index (χ0) is 21.8. The Morgan fingerprint density at radius 3 is 2.39 bits per heavy atom. The van der Waals surface area contributed by atoms with Gasteiger partial charge in [-0.2, -0.15) is 0 Å². The number of benzene rings is 3. The van der Waals surface area contributed by atoms with Gasteiger partial charge in [0.15, 0.2) is 0 Å². The van der Waals surface area contributed by atoms with Crippen molar-refractivity contribution < 1.29 is 17.9 Å². The topological polar surface area (TPSA) is 84.5 Å². The highest BCUT2D eigenvalue weighted by atomic mass is 32.2. The van der Waals surface area contributed by atoms with Crippen LogP contribution in [-0.2, 0) is 16.4 Å². The SMILES string of the molecule is COc1ccc(NC(=O)c2ccccc2NS(=O)(=O)C2=Cc3ccccc3CC2)cc1. The lowest BCUT2D eigenvalue weighted by Gasteiger charge is -2.18. The molecule has 31 heavy (non-hydrogen) atoms. The molecule has 1 amide bonds. The van der Waals surface area contributed by atoms with Crippen molar-refractivity contribution in [3.63, 3.8) is 0 Å². The number of hydrogen-bond acceptors (Lipinski definition) is 4. The van der Waals surface area contributed by atoms with Gasteiger partial charge in [0, 0.05) is 5.69 Å². The van der Waals surface area contributed by atoms with Gasteiger partial charge < -0.3 is 10.1 Å². The van der Waals surface area contributed by atoms with Crippen molar-refractivity contribution in [2.24, 2.45) is 0 Å². The molecular formula is C24H22N2O4S. The van der Waals surface area contributed by atoms with Crippen LogP contribution in [0.4, 0.5) is 11.4 Å². The van der Waals surface area contributed by atoms with Gasteiger partial charge in [-0.3, -0.25) is 9.52 Å². The maximum absolute atomic E-state index is 13.0. The molecule has 0 saturated carbocycles. The van der Waals surface area contributed by atoms with E-state index in [9.17, 15) is 13.2 Å². The molecule has 0 atom stereocenters. The van der Waals surface area contributed by atoms with Crippen molar-refractivity contribution in [2.75, 3.05) is 17.1 Å². The largest absolute Gasteiger partial charge is 0.497 e. The first kappa shape index (κ1) is 20.7. The summed E-state index contributed by atoms with van der Waals surface area (Å²) in [6.45, 7) is 0. The van der Waals surface area contributed by atoms with Crippen molar-refractivity contribution in [3.8, 4) is 5.75 Å². The lowest BCUT2D eigenvalue weighted by atomic mass is 9.98. The standard InChI is InChI=1S/C24H22N2O4S/c1-30-20-13-11-19(12-14-20)25-24(27)22-8-4-5-9-23(22)26-31(28,29)21-15-10-17-6-2-3-7-18(17)16-21/h2-9,11-14,16,26H,10,15H2,1H3,(H,25,27). The number of aryl methyl sites for hydroxylation is 1. The van der Waals surface area contributed by atoms with E-state index in [-0.39, 0.29) is 11.3 Å². The molecule has 0 unspecified atom stereocenters. The summed E-state index contributed by atoms with van der Waals surface area (Å²) in [6.07, 6.45) is 2.76. The third-order valence-corrected chi connectivity index (χ3v) is 6.62. The van der Waals surface area contributed by atoms with E-state index in [1.807, 2.05) is 24.3 Å². The number of sulfonamides is 1. The first-order valence-corrected chi connectivity index (χ1v) is 11.3. The predicted octanol–water partition coefficient (Wildman–Crippen LogP) is 4.68. The normalized spacial score (nSPS) is 13.0. The molecule has 0 fully saturated rings. The molecule has 2 N–H and O–H groups in total. The molecule has 0 saturated heterocycles. The number of carbonyl (C=O) groups is 1. The third kappa shape index (κ3) is 4.62. The van der Waals surface area contributed by atoms with Crippen molar-refractivity contribution in [1.29, 1.82) is 0 Å². The zero-order valence-electron chi connectivity index (χ0n) is 17.0. The van der Waals surface area contributed by atoms with Gasteiger partial charge in [-0.1, -0.05) is 36.4 Å². The van der Waals surface area contributed by atoms with E-state index in [0.717, 1.165) is 11.1 Å². The highest BCUT2D eigenvalue weighted by Gasteiger charge is 2.23. The lowest BCUT2D eigenvalue weighted by Crippen LogP contribution is -2.20. The molecule has 1 aliphatic carbocycles. The monoisotopic (exact) mass is 434 g/mol. The first-order valence-electron chi connectivity index (χ1n) is 9.82. The number of allylic oxidation sites excluding steroid dienone is 1. The summed E-state index contributed by atoms with van der Waals surface area (Å²) in [7, 11) is -2.24. The van der Waals surface area contributed by atoms with E-state index in [2.05, 4.69) is 10.0 Å². The Bertz CT molecular complexity index is 1250. The molecule has 0 aliphatic heterocycles. The molecule has 0 aromatic heterocycles. The van der Waals surface area contributed by atoms with E-state index in [1.165, 1.54) is 0 Å². The van der Waals surface area contributed by atoms with Crippen molar-refractivity contribution >= 4 is 33.4 Å². The average molecular weight is 435 g/mol. The maximum atomic E-state index is 13.0. The molecule has 3 aromatic rings. The number of methoxy groups -OCH3 is 1. The summed E-state index contributed by atoms with van der Waals surface area (Å²) >= 11 is 0. The van der Waals surface area contributed by atoms with Crippen LogP contribution in [0.5, 0.6) is 5.75 Å². The number of ether oxygens (including phenoxy) is 1. The minimum atomic E-state index is -3.80. The van der Waals surface area contributed by atoms with Crippen LogP contribution in [0.25, 0.3) is 6.08 Å². The molecule has 6 nitrogen and oxygen atoms in total. The highest BCUT2D eigenvalue weighted by molar-refractivity contribution is 7.96. The van der Waals surface area contributed by atoms with Gasteiger partial charge in [0.05, 0.1) is 23.3 Å². The fraction of sp³-hybridized carbons (Fsp3) is 0.125. The molecule has 0 heterocycles. The van der Waals surface area contributed by atoms with Gasteiger partial charge in [-0.05, 0) is 66.4 Å². The van der Waals surface area contributed by atoms with Crippen LogP contribution < -0.4 is 14.8 Å². The minimum Gasteiger partial charge on any atom is -0.497 e. The second kappa shape index (κ2) is 8.65. The molecule has 0 bridgehead atoms. The quantitative estimate of drug-likeness (QED) is 0.590. The molecular weight excluding hydrogens is 412 g/mol. The summed E-state index contributed by atoms with van der Waals surface area (Å²) in [6, 6.07) is 21.2. The van der Waals surface area contributed by atoms with Crippen molar-refractivity contribution in [1.82, 2.24) is 0 Å². The van der Waals surface area contributed by atoms with Gasteiger partial charge in [0.1, 0.15) is 5.75 Å². The van der Waals surface area contributed by atoms with E-state index in [0.29, 0.717) is 29.2 Å². The number of para-hydroxylation sites is 1. The second-order valence-electron chi connectivity index (χ2n) is 7.14. The maximum Gasteiger partial charge on any atom is 0.258 e. The Labute approximate surface area is 181 Å². The van der Waals surface area contributed by atoms with Gasteiger partial charge in [-0.25, -0.2) is 8.42 Å². The Morgan fingerprint density at radius 2 is 1.61 bits per heavy atom. The van der Waals surface area contributed by atoms with Crippen LogP contribution in [0, 0.1) is 0 Å². The molecule has 0 radical (unpaired) electrons. The Morgan fingerprint density at radius 1 is 0.903 bits per heavy atom. The van der Waals surface area contributed by atoms with Crippen LogP contribution in [0.2, 0.25) is 0 Å². The molecule has 0 spiro atoms. The lowest BCUT2D eigenvalue weighted by molar-refractivity contribution is 0.102. The number of rotatable bonds is 6. The van der Waals surface area contributed by atoms with E-state index in [1.54, 1.807) is 61.7 Å². The first-order chi connectivity index (χ1) is 15.0. The Balaban J connectivity index is 1.57. The van der Waals surface area contributed by atoms with Crippen LogP contribution in [0.3, 0.4) is 0 Å². The van der Waals surface area contributed by atoms with E-state index in [4.69, 9.17) is 4.74 Å². The average Bonchev–Trinajstić information content (AvgIpc) is 2.79. The smallest absolute Gasteiger partial charge is 0.258 e. The molecule has 1 aliphatic rings. The van der Waals surface area contributed by atoms with Crippen LogP contribution in [0.1, 0.15) is 27.9 Å². The van der Waals surface area contributed by atoms with Crippen molar-refractivity contribution in [2.45, 2.75) is 12.8 Å². The molecule has 3 aromatic carbocycles. The van der Waals surface area contributed by atoms with Crippen LogP contribution in [0.15, 0.2) is 77.7 Å². The predicted molar refractivity (Wildman–Crippen MR) is 123 cm³/mol. The summed E-state index contributed by atoms with van der Waals surface area (Å²) in [5, 5.41) is 2.78. The van der Waals surface area contributed by atoms with Crippen LogP contribution >= 0.6 is 0 Å². The zero-order valence-corrected chi connectivity index (χ0v) is 17.8.